The van der Waals surface area contributed by atoms with Crippen molar-refractivity contribution in [2.75, 3.05) is 0 Å². The highest BCUT2D eigenvalue weighted by molar-refractivity contribution is 9.10. The number of hydrogen-bond donors (Lipinski definition) is 2. The molecule has 0 radical (unpaired) electrons. The smallest absolute Gasteiger partial charge is 0.349 e. The quantitative estimate of drug-likeness (QED) is 0.479. The van der Waals surface area contributed by atoms with Crippen LogP contribution in [0.15, 0.2) is 31.9 Å². The van der Waals surface area contributed by atoms with Gasteiger partial charge in [-0.1, -0.05) is 15.9 Å². The number of fused-ring (bicyclic) bond motifs is 1. The Morgan fingerprint density at radius 3 is 2.82 bits per heavy atom. The summed E-state index contributed by atoms with van der Waals surface area (Å²) in [5.41, 5.74) is 1.32. The zero-order valence-electron chi connectivity index (χ0n) is 8.78. The van der Waals surface area contributed by atoms with Crippen LogP contribution in [-0.2, 0) is 0 Å². The van der Waals surface area contributed by atoms with Gasteiger partial charge in [-0.15, -0.1) is 0 Å². The Morgan fingerprint density at radius 2 is 2.18 bits per heavy atom. The van der Waals surface area contributed by atoms with E-state index in [-0.39, 0.29) is 5.56 Å². The lowest BCUT2D eigenvalue weighted by Gasteiger charge is -2.06. The van der Waals surface area contributed by atoms with Crippen LogP contribution in [0.3, 0.4) is 0 Å². The highest BCUT2D eigenvalue weighted by Crippen LogP contribution is 2.23. The predicted molar refractivity (Wildman–Crippen MR) is 64.2 cm³/mol. The lowest BCUT2D eigenvalue weighted by molar-refractivity contribution is 0.0701. The Morgan fingerprint density at radius 1 is 1.47 bits per heavy atom. The molecular formula is C11H8BrNO4. The van der Waals surface area contributed by atoms with Gasteiger partial charge in [0.25, 0.3) is 5.91 Å². The van der Waals surface area contributed by atoms with Crippen LogP contribution < -0.4 is 11.1 Å². The first-order valence-electron chi connectivity index (χ1n) is 4.72. The molecule has 6 heteroatoms. The minimum absolute atomic E-state index is 0.196. The minimum Gasteiger partial charge on any atom is -0.422 e. The molecule has 0 spiro atoms. The average molecular weight is 298 g/mol. The van der Waals surface area contributed by atoms with E-state index >= 15 is 0 Å². The number of aryl methyl sites for hydroxylation is 1. The van der Waals surface area contributed by atoms with Crippen LogP contribution in [0.4, 0.5) is 0 Å². The topological polar surface area (TPSA) is 79.5 Å². The Hall–Kier alpha value is -1.66. The van der Waals surface area contributed by atoms with Gasteiger partial charge in [0.15, 0.2) is 0 Å². The first-order valence-corrected chi connectivity index (χ1v) is 5.51. The molecule has 5 nitrogen and oxygen atoms in total. The Balaban J connectivity index is 2.87. The number of benzene rings is 1. The fourth-order valence-electron chi connectivity index (χ4n) is 1.64. The maximum Gasteiger partial charge on any atom is 0.349 e. The second kappa shape index (κ2) is 4.31. The molecule has 0 saturated heterocycles. The maximum absolute atomic E-state index is 11.6. The van der Waals surface area contributed by atoms with E-state index in [2.05, 4.69) is 15.9 Å². The third-order valence-corrected chi connectivity index (χ3v) is 2.95. The standard InChI is InChI=1S/C11H8BrNO4/c1-5-7-4-6(12)2-3-8(7)17-11(15)9(5)10(14)13-16/h2-4,16H,1H3,(H,13,14). The largest absolute Gasteiger partial charge is 0.422 e. The molecule has 0 unspecified atom stereocenters. The van der Waals surface area contributed by atoms with E-state index in [4.69, 9.17) is 9.62 Å². The summed E-state index contributed by atoms with van der Waals surface area (Å²) in [4.78, 5) is 22.9. The van der Waals surface area contributed by atoms with Crippen molar-refractivity contribution in [3.8, 4) is 0 Å². The summed E-state index contributed by atoms with van der Waals surface area (Å²) in [6.07, 6.45) is 0. The van der Waals surface area contributed by atoms with Crippen molar-refractivity contribution < 1.29 is 14.4 Å². The van der Waals surface area contributed by atoms with Gasteiger partial charge in [-0.05, 0) is 30.7 Å². The molecule has 0 bridgehead atoms. The molecule has 2 N–H and O–H groups in total. The number of carbonyl (C=O) groups excluding carboxylic acids is 1. The molecule has 2 rings (SSSR count). The van der Waals surface area contributed by atoms with Crippen LogP contribution in [0.25, 0.3) is 11.0 Å². The molecule has 0 saturated carbocycles. The molecule has 1 aromatic carbocycles. The van der Waals surface area contributed by atoms with Gasteiger partial charge in [-0.25, -0.2) is 10.3 Å². The summed E-state index contributed by atoms with van der Waals surface area (Å²) in [6, 6.07) is 5.10. The molecule has 1 aromatic heterocycles. The van der Waals surface area contributed by atoms with Crippen LogP contribution in [0.2, 0.25) is 0 Å². The second-order valence-corrected chi connectivity index (χ2v) is 4.39. The first-order chi connectivity index (χ1) is 8.04. The zero-order chi connectivity index (χ0) is 12.6. The van der Waals surface area contributed by atoms with Crippen LogP contribution >= 0.6 is 15.9 Å². The van der Waals surface area contributed by atoms with E-state index in [0.29, 0.717) is 16.5 Å². The predicted octanol–water partition coefficient (Wildman–Crippen LogP) is 1.98. The molecule has 0 aliphatic rings. The number of halogens is 1. The second-order valence-electron chi connectivity index (χ2n) is 3.47. The third kappa shape index (κ3) is 1.96. The van der Waals surface area contributed by atoms with Gasteiger partial charge in [0.1, 0.15) is 11.1 Å². The summed E-state index contributed by atoms with van der Waals surface area (Å²) in [6.45, 7) is 1.62. The summed E-state index contributed by atoms with van der Waals surface area (Å²) in [5.74, 6) is -0.877. The van der Waals surface area contributed by atoms with Gasteiger partial charge in [-0.3, -0.25) is 10.0 Å². The number of nitrogens with one attached hydrogen (secondary N) is 1. The van der Waals surface area contributed by atoms with Crippen LogP contribution in [0.1, 0.15) is 15.9 Å². The number of hydroxylamine groups is 1. The van der Waals surface area contributed by atoms with Crippen molar-refractivity contribution in [2.24, 2.45) is 0 Å². The maximum atomic E-state index is 11.6. The van der Waals surface area contributed by atoms with Crippen molar-refractivity contribution in [1.29, 1.82) is 0 Å². The fraction of sp³-hybridized carbons (Fsp3) is 0.0909. The normalized spacial score (nSPS) is 10.5. The molecule has 0 aliphatic carbocycles. The third-order valence-electron chi connectivity index (χ3n) is 2.46. The van der Waals surface area contributed by atoms with Gasteiger partial charge in [0.05, 0.1) is 0 Å². The Bertz CT molecular complexity index is 662. The Kier molecular flexibility index (Phi) is 2.99. The number of rotatable bonds is 1. The van der Waals surface area contributed by atoms with Crippen molar-refractivity contribution >= 4 is 32.8 Å². The van der Waals surface area contributed by atoms with E-state index in [9.17, 15) is 9.59 Å². The number of carbonyl (C=O) groups is 1. The van der Waals surface area contributed by atoms with Gasteiger partial charge < -0.3 is 4.42 Å². The van der Waals surface area contributed by atoms with Crippen molar-refractivity contribution in [1.82, 2.24) is 5.48 Å². The highest BCUT2D eigenvalue weighted by Gasteiger charge is 2.17. The molecular weight excluding hydrogens is 290 g/mol. The average Bonchev–Trinajstić information content (AvgIpc) is 2.30. The summed E-state index contributed by atoms with van der Waals surface area (Å²) < 4.78 is 5.81. The van der Waals surface area contributed by atoms with E-state index in [1.165, 1.54) is 5.48 Å². The summed E-state index contributed by atoms with van der Waals surface area (Å²) in [7, 11) is 0. The van der Waals surface area contributed by atoms with E-state index in [0.717, 1.165) is 4.47 Å². The zero-order valence-corrected chi connectivity index (χ0v) is 10.4. The molecule has 88 valence electrons. The van der Waals surface area contributed by atoms with Crippen molar-refractivity contribution in [3.05, 3.63) is 44.2 Å². The molecule has 0 atom stereocenters. The van der Waals surface area contributed by atoms with Crippen molar-refractivity contribution in [3.63, 3.8) is 0 Å². The lowest BCUT2D eigenvalue weighted by atomic mass is 10.1. The van der Waals surface area contributed by atoms with E-state index in [1.807, 2.05) is 0 Å². The first kappa shape index (κ1) is 11.8. The van der Waals surface area contributed by atoms with E-state index < -0.39 is 11.5 Å². The number of hydrogen-bond acceptors (Lipinski definition) is 4. The highest BCUT2D eigenvalue weighted by atomic mass is 79.9. The minimum atomic E-state index is -0.877. The van der Waals surface area contributed by atoms with Crippen LogP contribution in [-0.4, -0.2) is 11.1 Å². The van der Waals surface area contributed by atoms with Gasteiger partial charge in [0, 0.05) is 9.86 Å². The SMILES string of the molecule is Cc1c(C(=O)NO)c(=O)oc2ccc(Br)cc12. The van der Waals surface area contributed by atoms with Crippen LogP contribution in [0.5, 0.6) is 0 Å². The Labute approximate surface area is 104 Å². The van der Waals surface area contributed by atoms with Gasteiger partial charge in [0.2, 0.25) is 0 Å². The lowest BCUT2D eigenvalue weighted by Crippen LogP contribution is -2.26. The van der Waals surface area contributed by atoms with E-state index in [1.54, 1.807) is 25.1 Å². The van der Waals surface area contributed by atoms with Gasteiger partial charge >= 0.3 is 5.63 Å². The fourth-order valence-corrected chi connectivity index (χ4v) is 2.00. The summed E-state index contributed by atoms with van der Waals surface area (Å²) in [5, 5.41) is 9.21. The monoisotopic (exact) mass is 297 g/mol. The molecule has 1 heterocycles. The molecule has 0 aliphatic heterocycles. The number of amides is 1. The molecule has 17 heavy (non-hydrogen) atoms. The molecule has 0 fully saturated rings. The van der Waals surface area contributed by atoms with Crippen LogP contribution in [0, 0.1) is 6.92 Å². The molecule has 1 amide bonds. The van der Waals surface area contributed by atoms with Gasteiger partial charge in [-0.2, -0.15) is 0 Å². The van der Waals surface area contributed by atoms with Crippen molar-refractivity contribution in [2.45, 2.75) is 6.92 Å². The summed E-state index contributed by atoms with van der Waals surface area (Å²) >= 11 is 3.29. The molecule has 2 aromatic rings.